The molecule has 0 amide bonds. The molecule has 1 unspecified atom stereocenters. The number of nitrogens with one attached hydrogen (secondary N) is 1. The van der Waals surface area contributed by atoms with Gasteiger partial charge in [0.15, 0.2) is 0 Å². The molecule has 0 bridgehead atoms. The van der Waals surface area contributed by atoms with Crippen LogP contribution in [-0.4, -0.2) is 6.54 Å². The summed E-state index contributed by atoms with van der Waals surface area (Å²) in [5.41, 5.74) is 1.04. The van der Waals surface area contributed by atoms with E-state index in [1.54, 1.807) is 12.1 Å². The molecule has 1 aromatic rings. The average molecular weight is 221 g/mol. The van der Waals surface area contributed by atoms with Gasteiger partial charge >= 0.3 is 0 Å². The first kappa shape index (κ1) is 11.6. The molecule has 2 rings (SSSR count). The zero-order valence-corrected chi connectivity index (χ0v) is 9.88. The van der Waals surface area contributed by atoms with Gasteiger partial charge in [-0.2, -0.15) is 0 Å². The van der Waals surface area contributed by atoms with Gasteiger partial charge in [0.1, 0.15) is 5.82 Å². The Morgan fingerprint density at radius 1 is 1.44 bits per heavy atom. The molecule has 0 radical (unpaired) electrons. The van der Waals surface area contributed by atoms with Crippen LogP contribution in [-0.2, 0) is 0 Å². The Morgan fingerprint density at radius 2 is 2.25 bits per heavy atom. The van der Waals surface area contributed by atoms with E-state index in [2.05, 4.69) is 12.2 Å². The van der Waals surface area contributed by atoms with E-state index >= 15 is 0 Å². The van der Waals surface area contributed by atoms with E-state index in [0.29, 0.717) is 0 Å². The quantitative estimate of drug-likeness (QED) is 0.800. The molecule has 1 aliphatic rings. The Labute approximate surface area is 97.1 Å². The van der Waals surface area contributed by atoms with Crippen LogP contribution in [0, 0.1) is 11.7 Å². The number of rotatable bonds is 5. The molecule has 0 saturated heterocycles. The van der Waals surface area contributed by atoms with E-state index in [1.165, 1.54) is 31.7 Å². The third-order valence-electron chi connectivity index (χ3n) is 3.58. The molecule has 1 nitrogen and oxygen atoms in total. The van der Waals surface area contributed by atoms with Crippen molar-refractivity contribution in [2.24, 2.45) is 5.92 Å². The Bertz CT molecular complexity index is 333. The third kappa shape index (κ3) is 3.05. The fourth-order valence-corrected chi connectivity index (χ4v) is 2.18. The lowest BCUT2D eigenvalue weighted by atomic mass is 9.83. The molecule has 0 heterocycles. The molecule has 1 saturated carbocycles. The number of halogens is 1. The van der Waals surface area contributed by atoms with Crippen molar-refractivity contribution in [3.05, 3.63) is 35.6 Å². The molecule has 1 aromatic carbocycles. The van der Waals surface area contributed by atoms with Gasteiger partial charge < -0.3 is 5.32 Å². The van der Waals surface area contributed by atoms with Crippen LogP contribution >= 0.6 is 0 Å². The maximum absolute atomic E-state index is 13.0. The average Bonchev–Trinajstić information content (AvgIpc) is 2.21. The highest BCUT2D eigenvalue weighted by atomic mass is 19.1. The lowest BCUT2D eigenvalue weighted by Crippen LogP contribution is -2.24. The summed E-state index contributed by atoms with van der Waals surface area (Å²) in [5.74, 6) is 0.789. The summed E-state index contributed by atoms with van der Waals surface area (Å²) in [7, 11) is 0. The molecule has 1 aliphatic carbocycles. The highest BCUT2D eigenvalue weighted by Gasteiger charge is 2.16. The Morgan fingerprint density at radius 3 is 2.88 bits per heavy atom. The predicted molar refractivity (Wildman–Crippen MR) is 64.8 cm³/mol. The van der Waals surface area contributed by atoms with Gasteiger partial charge in [0.2, 0.25) is 0 Å². The van der Waals surface area contributed by atoms with E-state index < -0.39 is 0 Å². The van der Waals surface area contributed by atoms with E-state index in [4.69, 9.17) is 0 Å². The SMILES string of the molecule is CC(NCCC1CCC1)c1cccc(F)c1. The van der Waals surface area contributed by atoms with Crippen molar-refractivity contribution in [1.29, 1.82) is 0 Å². The standard InChI is InChI=1S/C14H20FN/c1-11(13-6-3-7-14(15)10-13)16-9-8-12-4-2-5-12/h3,6-7,10-12,16H,2,4-5,8-9H2,1H3. The van der Waals surface area contributed by atoms with Gasteiger partial charge in [-0.15, -0.1) is 0 Å². The summed E-state index contributed by atoms with van der Waals surface area (Å²) in [6.07, 6.45) is 5.47. The first-order valence-electron chi connectivity index (χ1n) is 6.24. The summed E-state index contributed by atoms with van der Waals surface area (Å²) in [6, 6.07) is 7.10. The van der Waals surface area contributed by atoms with Crippen LogP contribution in [0.1, 0.15) is 44.2 Å². The lowest BCUT2D eigenvalue weighted by Gasteiger charge is -2.26. The number of hydrogen-bond acceptors (Lipinski definition) is 1. The highest BCUT2D eigenvalue weighted by Crippen LogP contribution is 2.29. The minimum absolute atomic E-state index is 0.148. The molecule has 1 fully saturated rings. The summed E-state index contributed by atoms with van der Waals surface area (Å²) >= 11 is 0. The molecular formula is C14H20FN. The van der Waals surface area contributed by atoms with Crippen LogP contribution in [0.2, 0.25) is 0 Å². The van der Waals surface area contributed by atoms with Crippen molar-refractivity contribution in [3.8, 4) is 0 Å². The van der Waals surface area contributed by atoms with E-state index in [9.17, 15) is 4.39 Å². The van der Waals surface area contributed by atoms with Crippen molar-refractivity contribution >= 4 is 0 Å². The van der Waals surface area contributed by atoms with Gasteiger partial charge in [-0.25, -0.2) is 4.39 Å². The van der Waals surface area contributed by atoms with Gasteiger partial charge in [-0.1, -0.05) is 31.4 Å². The maximum atomic E-state index is 13.0. The van der Waals surface area contributed by atoms with Crippen LogP contribution in [0.3, 0.4) is 0 Å². The topological polar surface area (TPSA) is 12.0 Å². The zero-order chi connectivity index (χ0) is 11.4. The molecule has 0 aromatic heterocycles. The number of hydrogen-bond donors (Lipinski definition) is 1. The minimum Gasteiger partial charge on any atom is -0.310 e. The van der Waals surface area contributed by atoms with E-state index in [-0.39, 0.29) is 11.9 Å². The Balaban J connectivity index is 1.76. The summed E-state index contributed by atoms with van der Waals surface area (Å²) in [6.45, 7) is 3.14. The van der Waals surface area contributed by atoms with Crippen molar-refractivity contribution in [3.63, 3.8) is 0 Å². The summed E-state index contributed by atoms with van der Waals surface area (Å²) in [4.78, 5) is 0. The second-order valence-electron chi connectivity index (χ2n) is 4.82. The van der Waals surface area contributed by atoms with E-state index in [0.717, 1.165) is 18.0 Å². The first-order valence-corrected chi connectivity index (χ1v) is 6.24. The second-order valence-corrected chi connectivity index (χ2v) is 4.82. The third-order valence-corrected chi connectivity index (χ3v) is 3.58. The van der Waals surface area contributed by atoms with Crippen molar-refractivity contribution < 1.29 is 4.39 Å². The molecule has 88 valence electrons. The first-order chi connectivity index (χ1) is 7.75. The van der Waals surface area contributed by atoms with Crippen LogP contribution in [0.4, 0.5) is 4.39 Å². The molecule has 1 atom stereocenters. The smallest absolute Gasteiger partial charge is 0.123 e. The van der Waals surface area contributed by atoms with Crippen LogP contribution < -0.4 is 5.32 Å². The minimum atomic E-state index is -0.148. The lowest BCUT2D eigenvalue weighted by molar-refractivity contribution is 0.288. The largest absolute Gasteiger partial charge is 0.310 e. The monoisotopic (exact) mass is 221 g/mol. The Kier molecular flexibility index (Phi) is 3.94. The fourth-order valence-electron chi connectivity index (χ4n) is 2.18. The van der Waals surface area contributed by atoms with Gasteiger partial charge in [-0.05, 0) is 43.5 Å². The van der Waals surface area contributed by atoms with Gasteiger partial charge in [0.25, 0.3) is 0 Å². The second kappa shape index (κ2) is 5.44. The van der Waals surface area contributed by atoms with Crippen LogP contribution in [0.25, 0.3) is 0 Å². The van der Waals surface area contributed by atoms with Crippen molar-refractivity contribution in [2.45, 2.75) is 38.6 Å². The predicted octanol–water partition coefficient (Wildman–Crippen LogP) is 3.67. The van der Waals surface area contributed by atoms with Crippen molar-refractivity contribution in [1.82, 2.24) is 5.32 Å². The molecule has 0 spiro atoms. The summed E-state index contributed by atoms with van der Waals surface area (Å²) in [5, 5.41) is 3.46. The van der Waals surface area contributed by atoms with Gasteiger partial charge in [-0.3, -0.25) is 0 Å². The normalized spacial score (nSPS) is 18.1. The molecule has 1 N–H and O–H groups in total. The fraction of sp³-hybridized carbons (Fsp3) is 0.571. The zero-order valence-electron chi connectivity index (χ0n) is 9.88. The van der Waals surface area contributed by atoms with E-state index in [1.807, 2.05) is 6.07 Å². The molecule has 0 aliphatic heterocycles. The molecule has 16 heavy (non-hydrogen) atoms. The highest BCUT2D eigenvalue weighted by molar-refractivity contribution is 5.19. The van der Waals surface area contributed by atoms with Crippen LogP contribution in [0.5, 0.6) is 0 Å². The molecule has 2 heteroatoms. The maximum Gasteiger partial charge on any atom is 0.123 e. The van der Waals surface area contributed by atoms with Crippen LogP contribution in [0.15, 0.2) is 24.3 Å². The van der Waals surface area contributed by atoms with Gasteiger partial charge in [0.05, 0.1) is 0 Å². The van der Waals surface area contributed by atoms with Gasteiger partial charge in [0, 0.05) is 6.04 Å². The molecular weight excluding hydrogens is 201 g/mol. The number of benzene rings is 1. The summed E-state index contributed by atoms with van der Waals surface area (Å²) < 4.78 is 13.0. The van der Waals surface area contributed by atoms with Crippen molar-refractivity contribution in [2.75, 3.05) is 6.54 Å². The Hall–Kier alpha value is -0.890.